The third-order valence-electron chi connectivity index (χ3n) is 4.95. The van der Waals surface area contributed by atoms with Gasteiger partial charge in [0.25, 0.3) is 5.91 Å². The van der Waals surface area contributed by atoms with Crippen molar-refractivity contribution in [2.75, 3.05) is 19.7 Å². The molecule has 4 rings (SSSR count). The van der Waals surface area contributed by atoms with Crippen LogP contribution in [-0.4, -0.2) is 30.5 Å². The molecule has 0 unspecified atom stereocenters. The van der Waals surface area contributed by atoms with Gasteiger partial charge in [0.15, 0.2) is 5.76 Å². The van der Waals surface area contributed by atoms with Gasteiger partial charge in [-0.3, -0.25) is 4.79 Å². The van der Waals surface area contributed by atoms with Crippen LogP contribution in [0.15, 0.2) is 46.9 Å². The summed E-state index contributed by atoms with van der Waals surface area (Å²) in [6.07, 6.45) is -0.156. The van der Waals surface area contributed by atoms with E-state index in [9.17, 15) is 4.79 Å². The van der Waals surface area contributed by atoms with Crippen LogP contribution in [0.3, 0.4) is 0 Å². The average Bonchev–Trinajstić information content (AvgIpc) is 3.00. The fraction of sp³-hybridized carbons (Fsp3) is 0.286. The number of nitrogens with zero attached hydrogens (tertiary/aromatic N) is 1. The molecule has 26 heavy (non-hydrogen) atoms. The minimum Gasteiger partial charge on any atom is -0.450 e. The zero-order chi connectivity index (χ0) is 18.3. The maximum absolute atomic E-state index is 13.1. The standard InChI is InChI=1S/C21H20ClNO3/c1-13-4-3-5-17-14(2)20(26-19(13)17)21(24)23-10-11-25-18(12-23)15-6-8-16(22)9-7-15/h3-9,18H,10-12H2,1-2H3/t18-/m0/s1. The van der Waals surface area contributed by atoms with Gasteiger partial charge >= 0.3 is 0 Å². The van der Waals surface area contributed by atoms with Crippen LogP contribution in [0, 0.1) is 13.8 Å². The van der Waals surface area contributed by atoms with Gasteiger partial charge in [-0.15, -0.1) is 0 Å². The molecule has 0 radical (unpaired) electrons. The van der Waals surface area contributed by atoms with E-state index in [-0.39, 0.29) is 12.0 Å². The normalized spacial score (nSPS) is 17.7. The molecule has 2 aromatic carbocycles. The molecule has 1 aliphatic heterocycles. The van der Waals surface area contributed by atoms with Gasteiger partial charge in [0.05, 0.1) is 13.2 Å². The Morgan fingerprint density at radius 1 is 1.15 bits per heavy atom. The molecule has 134 valence electrons. The van der Waals surface area contributed by atoms with Crippen molar-refractivity contribution in [2.24, 2.45) is 0 Å². The van der Waals surface area contributed by atoms with Crippen LogP contribution >= 0.6 is 11.6 Å². The van der Waals surface area contributed by atoms with Gasteiger partial charge < -0.3 is 14.1 Å². The largest absolute Gasteiger partial charge is 0.450 e. The number of rotatable bonds is 2. The van der Waals surface area contributed by atoms with Crippen LogP contribution in [0.2, 0.25) is 5.02 Å². The van der Waals surface area contributed by atoms with Gasteiger partial charge in [-0.2, -0.15) is 0 Å². The van der Waals surface area contributed by atoms with E-state index in [4.69, 9.17) is 20.8 Å². The number of hydrogen-bond acceptors (Lipinski definition) is 3. The Balaban J connectivity index is 1.61. The second-order valence-corrected chi connectivity index (χ2v) is 7.11. The van der Waals surface area contributed by atoms with Crippen molar-refractivity contribution in [3.8, 4) is 0 Å². The third kappa shape index (κ3) is 3.00. The molecule has 4 nitrogen and oxygen atoms in total. The Morgan fingerprint density at radius 2 is 1.92 bits per heavy atom. The molecule has 0 bridgehead atoms. The van der Waals surface area contributed by atoms with E-state index >= 15 is 0 Å². The van der Waals surface area contributed by atoms with Crippen molar-refractivity contribution >= 4 is 28.5 Å². The SMILES string of the molecule is Cc1c(C(=O)N2CCO[C@H](c3ccc(Cl)cc3)C2)oc2c(C)cccc12. The van der Waals surface area contributed by atoms with E-state index in [2.05, 4.69) is 0 Å². The zero-order valence-corrected chi connectivity index (χ0v) is 15.5. The smallest absolute Gasteiger partial charge is 0.290 e. The van der Waals surface area contributed by atoms with Gasteiger partial charge in [-0.05, 0) is 37.1 Å². The molecule has 1 saturated heterocycles. The Morgan fingerprint density at radius 3 is 2.65 bits per heavy atom. The summed E-state index contributed by atoms with van der Waals surface area (Å²) >= 11 is 5.96. The first kappa shape index (κ1) is 17.1. The van der Waals surface area contributed by atoms with Crippen LogP contribution in [0.25, 0.3) is 11.0 Å². The zero-order valence-electron chi connectivity index (χ0n) is 14.8. The van der Waals surface area contributed by atoms with Crippen molar-refractivity contribution in [3.63, 3.8) is 0 Å². The van der Waals surface area contributed by atoms with Gasteiger partial charge in [0.2, 0.25) is 0 Å². The molecular formula is C21H20ClNO3. The maximum Gasteiger partial charge on any atom is 0.290 e. The molecular weight excluding hydrogens is 350 g/mol. The summed E-state index contributed by atoms with van der Waals surface area (Å²) in [5, 5.41) is 1.68. The van der Waals surface area contributed by atoms with Crippen LogP contribution in [0.1, 0.15) is 33.3 Å². The fourth-order valence-corrected chi connectivity index (χ4v) is 3.57. The second kappa shape index (κ2) is 6.78. The first-order valence-corrected chi connectivity index (χ1v) is 9.07. The highest BCUT2D eigenvalue weighted by Gasteiger charge is 2.29. The summed E-state index contributed by atoms with van der Waals surface area (Å²) in [7, 11) is 0. The van der Waals surface area contributed by atoms with E-state index < -0.39 is 0 Å². The molecule has 1 fully saturated rings. The number of amides is 1. The van der Waals surface area contributed by atoms with Crippen molar-refractivity contribution in [2.45, 2.75) is 20.0 Å². The number of furan rings is 1. The summed E-state index contributed by atoms with van der Waals surface area (Å²) in [6, 6.07) is 13.5. The van der Waals surface area contributed by atoms with E-state index in [0.29, 0.717) is 30.5 Å². The molecule has 0 spiro atoms. The maximum atomic E-state index is 13.1. The molecule has 2 heterocycles. The number of benzene rings is 2. The number of ether oxygens (including phenoxy) is 1. The van der Waals surface area contributed by atoms with Gasteiger partial charge in [-0.25, -0.2) is 0 Å². The first-order chi connectivity index (χ1) is 12.5. The summed E-state index contributed by atoms with van der Waals surface area (Å²) in [6.45, 7) is 5.48. The molecule has 0 saturated carbocycles. The van der Waals surface area contributed by atoms with Crippen molar-refractivity contribution in [3.05, 3.63) is 69.9 Å². The van der Waals surface area contributed by atoms with Crippen LogP contribution in [-0.2, 0) is 4.74 Å². The first-order valence-electron chi connectivity index (χ1n) is 8.69. The topological polar surface area (TPSA) is 42.7 Å². The van der Waals surface area contributed by atoms with Gasteiger partial charge in [0, 0.05) is 22.5 Å². The minimum absolute atomic E-state index is 0.0830. The predicted molar refractivity (Wildman–Crippen MR) is 102 cm³/mol. The lowest BCUT2D eigenvalue weighted by Crippen LogP contribution is -2.42. The summed E-state index contributed by atoms with van der Waals surface area (Å²) < 4.78 is 11.8. The lowest BCUT2D eigenvalue weighted by molar-refractivity contribution is -0.0237. The Labute approximate surface area is 157 Å². The molecule has 0 N–H and O–H groups in total. The molecule has 1 atom stereocenters. The Hall–Kier alpha value is -2.30. The molecule has 1 amide bonds. The van der Waals surface area contributed by atoms with Gasteiger partial charge in [0.1, 0.15) is 11.7 Å². The fourth-order valence-electron chi connectivity index (χ4n) is 3.44. The van der Waals surface area contributed by atoms with Crippen LogP contribution in [0.4, 0.5) is 0 Å². The van der Waals surface area contributed by atoms with Crippen molar-refractivity contribution in [1.82, 2.24) is 4.90 Å². The lowest BCUT2D eigenvalue weighted by atomic mass is 10.1. The average molecular weight is 370 g/mol. The number of halogens is 1. The van der Waals surface area contributed by atoms with E-state index in [0.717, 1.165) is 27.7 Å². The number of carbonyl (C=O) groups excluding carboxylic acids is 1. The number of hydrogen-bond donors (Lipinski definition) is 0. The third-order valence-corrected chi connectivity index (χ3v) is 5.20. The molecule has 3 aromatic rings. The lowest BCUT2D eigenvalue weighted by Gasteiger charge is -2.32. The Kier molecular flexibility index (Phi) is 4.47. The molecule has 1 aromatic heterocycles. The van der Waals surface area contributed by atoms with E-state index in [1.54, 1.807) is 0 Å². The summed E-state index contributed by atoms with van der Waals surface area (Å²) in [5.41, 5.74) is 3.73. The van der Waals surface area contributed by atoms with Crippen LogP contribution in [0.5, 0.6) is 0 Å². The van der Waals surface area contributed by atoms with Crippen LogP contribution < -0.4 is 0 Å². The summed E-state index contributed by atoms with van der Waals surface area (Å²) in [4.78, 5) is 14.9. The molecule has 1 aliphatic rings. The highest BCUT2D eigenvalue weighted by atomic mass is 35.5. The molecule has 5 heteroatoms. The molecule has 0 aliphatic carbocycles. The second-order valence-electron chi connectivity index (χ2n) is 6.67. The predicted octanol–water partition coefficient (Wildman–Crippen LogP) is 4.92. The number of morpholine rings is 1. The van der Waals surface area contributed by atoms with E-state index in [1.807, 2.05) is 61.2 Å². The number of carbonyl (C=O) groups is 1. The number of para-hydroxylation sites is 1. The minimum atomic E-state index is -0.156. The van der Waals surface area contributed by atoms with Crippen molar-refractivity contribution in [1.29, 1.82) is 0 Å². The summed E-state index contributed by atoms with van der Waals surface area (Å²) in [5.74, 6) is 0.339. The monoisotopic (exact) mass is 369 g/mol. The highest BCUT2D eigenvalue weighted by Crippen LogP contribution is 2.30. The highest BCUT2D eigenvalue weighted by molar-refractivity contribution is 6.30. The Bertz CT molecular complexity index is 961. The number of fused-ring (bicyclic) bond motifs is 1. The quantitative estimate of drug-likeness (QED) is 0.644. The van der Waals surface area contributed by atoms with Crippen molar-refractivity contribution < 1.29 is 13.9 Å². The van der Waals surface area contributed by atoms with E-state index in [1.165, 1.54) is 0 Å². The van der Waals surface area contributed by atoms with Gasteiger partial charge in [-0.1, -0.05) is 41.9 Å². The number of aryl methyl sites for hydroxylation is 2.